The highest BCUT2D eigenvalue weighted by atomic mass is 16.3. The Balaban J connectivity index is 1.65. The summed E-state index contributed by atoms with van der Waals surface area (Å²) < 4.78 is 0. The number of fused-ring (bicyclic) bond motifs is 3. The molecule has 0 spiro atoms. The van der Waals surface area contributed by atoms with E-state index in [9.17, 15) is 29.4 Å². The summed E-state index contributed by atoms with van der Waals surface area (Å²) in [4.78, 5) is 51.5. The van der Waals surface area contributed by atoms with E-state index in [0.717, 1.165) is 11.1 Å². The van der Waals surface area contributed by atoms with Crippen LogP contribution >= 0.6 is 0 Å². The highest BCUT2D eigenvalue weighted by Gasteiger charge is 2.50. The Hall–Kier alpha value is -3.40. The molecule has 208 valence electrons. The largest absolute Gasteiger partial charge is 0.389 e. The number of benzene rings is 2. The lowest BCUT2D eigenvalue weighted by atomic mass is 9.79. The van der Waals surface area contributed by atoms with E-state index in [1.165, 1.54) is 0 Å². The third-order valence-corrected chi connectivity index (χ3v) is 7.58. The number of aliphatic hydroxyl groups excluding tert-OH is 1. The Labute approximate surface area is 228 Å². The van der Waals surface area contributed by atoms with Gasteiger partial charge in [0.15, 0.2) is 11.4 Å². The van der Waals surface area contributed by atoms with Gasteiger partial charge < -0.3 is 31.0 Å². The van der Waals surface area contributed by atoms with Crippen LogP contribution in [0.2, 0.25) is 0 Å². The normalized spacial score (nSPS) is 19.8. The molecule has 9 heteroatoms. The van der Waals surface area contributed by atoms with Crippen LogP contribution in [-0.2, 0) is 24.8 Å². The van der Waals surface area contributed by atoms with Crippen LogP contribution in [0.5, 0.6) is 0 Å². The quantitative estimate of drug-likeness (QED) is 0.274. The maximum atomic E-state index is 14.0. The highest BCUT2D eigenvalue weighted by Crippen LogP contribution is 2.47. The molecule has 5 N–H and O–H groups in total. The number of aldehydes is 1. The molecule has 9 nitrogen and oxygen atoms in total. The first-order chi connectivity index (χ1) is 18.4. The van der Waals surface area contributed by atoms with Crippen molar-refractivity contribution in [1.29, 1.82) is 0 Å². The SMILES string of the molecule is CC(C)(C)C[C@](C=O)(CN[C@@H](C[C@@H]1CCNC1=O)C(=O)CO)NC(=O)C1(O)c2ccccc2-c2ccccc21. The summed E-state index contributed by atoms with van der Waals surface area (Å²) in [5.74, 6) is -1.81. The Morgan fingerprint density at radius 1 is 1.10 bits per heavy atom. The van der Waals surface area contributed by atoms with Gasteiger partial charge in [-0.2, -0.15) is 0 Å². The molecule has 0 bridgehead atoms. The molecule has 2 aromatic rings. The summed E-state index contributed by atoms with van der Waals surface area (Å²) in [6.45, 7) is 5.43. The van der Waals surface area contributed by atoms with Gasteiger partial charge in [0.1, 0.15) is 18.4 Å². The van der Waals surface area contributed by atoms with Crippen molar-refractivity contribution in [3.05, 3.63) is 59.7 Å². The van der Waals surface area contributed by atoms with Crippen molar-refractivity contribution in [2.24, 2.45) is 11.3 Å². The number of Topliss-reactive ketones (excluding diaryl/α,β-unsaturated/α-hetero) is 1. The molecule has 2 amide bonds. The van der Waals surface area contributed by atoms with Crippen LogP contribution < -0.4 is 16.0 Å². The smallest absolute Gasteiger partial charge is 0.262 e. The molecule has 0 unspecified atom stereocenters. The number of amides is 2. The lowest BCUT2D eigenvalue weighted by molar-refractivity contribution is -0.140. The van der Waals surface area contributed by atoms with Crippen LogP contribution in [0.15, 0.2) is 48.5 Å². The molecule has 0 aromatic heterocycles. The van der Waals surface area contributed by atoms with Gasteiger partial charge in [-0.15, -0.1) is 0 Å². The average Bonchev–Trinajstić information content (AvgIpc) is 3.44. The number of hydrogen-bond acceptors (Lipinski definition) is 7. The molecule has 2 aliphatic rings. The van der Waals surface area contributed by atoms with Gasteiger partial charge in [-0.05, 0) is 35.8 Å². The Bertz CT molecular complexity index is 1220. The molecule has 1 heterocycles. The summed E-state index contributed by atoms with van der Waals surface area (Å²) in [6.07, 6.45) is 1.57. The summed E-state index contributed by atoms with van der Waals surface area (Å²) in [5.41, 5.74) is -1.63. The Morgan fingerprint density at radius 2 is 1.69 bits per heavy atom. The zero-order valence-electron chi connectivity index (χ0n) is 22.6. The summed E-state index contributed by atoms with van der Waals surface area (Å²) in [6, 6.07) is 13.3. The fourth-order valence-electron chi connectivity index (χ4n) is 5.88. The van der Waals surface area contributed by atoms with Crippen molar-refractivity contribution in [2.75, 3.05) is 19.7 Å². The van der Waals surface area contributed by atoms with E-state index < -0.39 is 46.8 Å². The van der Waals surface area contributed by atoms with E-state index >= 15 is 0 Å². The monoisotopic (exact) mass is 535 g/mol. The van der Waals surface area contributed by atoms with Crippen LogP contribution in [-0.4, -0.2) is 65.4 Å². The van der Waals surface area contributed by atoms with Gasteiger partial charge in [-0.25, -0.2) is 0 Å². The molecule has 4 rings (SSSR count). The number of nitrogens with one attached hydrogen (secondary N) is 3. The molecule has 1 aliphatic carbocycles. The van der Waals surface area contributed by atoms with Gasteiger partial charge in [0, 0.05) is 30.1 Å². The Morgan fingerprint density at radius 3 is 2.18 bits per heavy atom. The lowest BCUT2D eigenvalue weighted by Gasteiger charge is -2.38. The first-order valence-electron chi connectivity index (χ1n) is 13.3. The molecule has 1 saturated heterocycles. The van der Waals surface area contributed by atoms with Crippen LogP contribution in [0.1, 0.15) is 51.2 Å². The minimum Gasteiger partial charge on any atom is -0.389 e. The number of carbonyl (C=O) groups is 4. The molecule has 39 heavy (non-hydrogen) atoms. The molecule has 3 atom stereocenters. The number of aliphatic hydroxyl groups is 2. The van der Waals surface area contributed by atoms with Gasteiger partial charge in [0.2, 0.25) is 5.91 Å². The maximum Gasteiger partial charge on any atom is 0.262 e. The second-order valence-electron chi connectivity index (χ2n) is 11.8. The first kappa shape index (κ1) is 28.6. The lowest BCUT2D eigenvalue weighted by Crippen LogP contribution is -2.63. The van der Waals surface area contributed by atoms with Crippen molar-refractivity contribution >= 4 is 23.9 Å². The number of carbonyl (C=O) groups excluding carboxylic acids is 4. The van der Waals surface area contributed by atoms with Gasteiger partial charge in [-0.1, -0.05) is 69.3 Å². The average molecular weight is 536 g/mol. The number of rotatable bonds is 11. The van der Waals surface area contributed by atoms with E-state index in [1.807, 2.05) is 45.0 Å². The van der Waals surface area contributed by atoms with Crippen LogP contribution in [0.25, 0.3) is 11.1 Å². The zero-order chi connectivity index (χ0) is 28.4. The van der Waals surface area contributed by atoms with Gasteiger partial charge in [-0.3, -0.25) is 14.4 Å². The second kappa shape index (κ2) is 11.0. The van der Waals surface area contributed by atoms with Crippen molar-refractivity contribution in [2.45, 2.75) is 57.2 Å². The van der Waals surface area contributed by atoms with Crippen LogP contribution in [0.3, 0.4) is 0 Å². The van der Waals surface area contributed by atoms with Crippen molar-refractivity contribution in [3.63, 3.8) is 0 Å². The fourth-order valence-corrected chi connectivity index (χ4v) is 5.88. The van der Waals surface area contributed by atoms with E-state index in [4.69, 9.17) is 0 Å². The van der Waals surface area contributed by atoms with Crippen LogP contribution in [0.4, 0.5) is 0 Å². The third kappa shape index (κ3) is 5.66. The molecule has 0 radical (unpaired) electrons. The molecule has 0 saturated carbocycles. The van der Waals surface area contributed by atoms with Crippen LogP contribution in [0, 0.1) is 11.3 Å². The molecule has 1 aliphatic heterocycles. The number of hydrogen-bond donors (Lipinski definition) is 5. The van der Waals surface area contributed by atoms with E-state index in [0.29, 0.717) is 30.4 Å². The fraction of sp³-hybridized carbons (Fsp3) is 0.467. The van der Waals surface area contributed by atoms with E-state index in [1.54, 1.807) is 24.3 Å². The van der Waals surface area contributed by atoms with E-state index in [2.05, 4.69) is 16.0 Å². The molecule has 1 fully saturated rings. The molecular formula is C30H37N3O6. The van der Waals surface area contributed by atoms with E-state index in [-0.39, 0.29) is 25.3 Å². The Kier molecular flexibility index (Phi) is 8.07. The third-order valence-electron chi connectivity index (χ3n) is 7.58. The summed E-state index contributed by atoms with van der Waals surface area (Å²) in [7, 11) is 0. The zero-order valence-corrected chi connectivity index (χ0v) is 22.6. The summed E-state index contributed by atoms with van der Waals surface area (Å²) >= 11 is 0. The van der Waals surface area contributed by atoms with Gasteiger partial charge in [0.25, 0.3) is 5.91 Å². The van der Waals surface area contributed by atoms with Crippen molar-refractivity contribution in [3.8, 4) is 11.1 Å². The topological polar surface area (TPSA) is 145 Å². The molecule has 2 aromatic carbocycles. The number of ketones is 1. The second-order valence-corrected chi connectivity index (χ2v) is 11.8. The standard InChI is InChI=1S/C30H37N3O6/c1-28(2,3)16-29(18-35,17-32-24(25(36)15-34)14-19-12-13-31-26(19)37)33-27(38)30(39)22-10-6-4-8-20(22)21-9-5-7-11-23(21)30/h4-11,18-19,24,32,34,39H,12-17H2,1-3H3,(H,31,37)(H,33,38)/t19-,24-,29+/m0/s1. The minimum atomic E-state index is -2.03. The van der Waals surface area contributed by atoms with Gasteiger partial charge >= 0.3 is 0 Å². The van der Waals surface area contributed by atoms with Gasteiger partial charge in [0.05, 0.1) is 6.04 Å². The highest BCUT2D eigenvalue weighted by molar-refractivity contribution is 6.00. The van der Waals surface area contributed by atoms with Crippen molar-refractivity contribution in [1.82, 2.24) is 16.0 Å². The predicted octanol–water partition coefficient (Wildman–Crippen LogP) is 1.44. The van der Waals surface area contributed by atoms with Crippen molar-refractivity contribution < 1.29 is 29.4 Å². The first-order valence-corrected chi connectivity index (χ1v) is 13.3. The minimum absolute atomic E-state index is 0.135. The maximum absolute atomic E-state index is 14.0. The summed E-state index contributed by atoms with van der Waals surface area (Å²) in [5, 5.41) is 30.2. The molecular weight excluding hydrogens is 498 g/mol. The predicted molar refractivity (Wildman–Crippen MR) is 146 cm³/mol.